The lowest BCUT2D eigenvalue weighted by molar-refractivity contribution is -0.870. The fourth-order valence-corrected chi connectivity index (χ4v) is 9.31. The molecule has 75 heavy (non-hydrogen) atoms. The second kappa shape index (κ2) is 54.7. The van der Waals surface area contributed by atoms with Gasteiger partial charge in [-0.05, 0) is 96.3 Å². The van der Waals surface area contributed by atoms with Gasteiger partial charge in [0.1, 0.15) is 19.3 Å². The number of nitrogens with zero attached hydrogens (tertiary/aromatic N) is 1. The number of nitrogens with one attached hydrogen (secondary N) is 1. The standard InChI is InChI=1S/C65H117N2O7P/c1-6-8-10-12-14-16-18-20-21-22-23-24-25-26-27-28-29-30-31-32-33-34-35-36-37-38-39-40-41-42-43-44-45-46-48-50-52-54-56-58-64(69)66-62(61-74-75(71,72)73-60-59-67(3,4)5)65(70)63(68)57-55-53-51-49-47-19-17-15-13-11-9-7-2/h8,10,14,16,20-21,23-24,26-27,29-30,32-33,49,51,62-63,65,68,70H,6-7,9,11-13,15,17-19,22,25,28,31,34-48,50,52-61H2,1-5H3,(H-,66,69,71,72)/b10-8-,16-14-,21-20-,24-23-,27-26-,30-29-,33-32-,51-49+. The number of unbranched alkanes of at least 4 members (excludes halogenated alkanes) is 25. The van der Waals surface area contributed by atoms with Crippen molar-refractivity contribution in [2.24, 2.45) is 0 Å². The first-order valence-corrected chi connectivity index (χ1v) is 32.1. The van der Waals surface area contributed by atoms with Gasteiger partial charge in [-0.25, -0.2) is 0 Å². The van der Waals surface area contributed by atoms with E-state index in [1.165, 1.54) is 135 Å². The highest BCUT2D eigenvalue weighted by atomic mass is 31.2. The van der Waals surface area contributed by atoms with Crippen LogP contribution in [0, 0.1) is 0 Å². The maximum atomic E-state index is 13.0. The number of carbonyl (C=O) groups excluding carboxylic acids is 1. The Morgan fingerprint density at radius 3 is 1.24 bits per heavy atom. The van der Waals surface area contributed by atoms with E-state index in [0.717, 1.165) is 77.0 Å². The molecule has 0 aliphatic heterocycles. The molecule has 0 heterocycles. The molecule has 0 aromatic rings. The van der Waals surface area contributed by atoms with Gasteiger partial charge >= 0.3 is 0 Å². The smallest absolute Gasteiger partial charge is 0.268 e. The molecule has 3 N–H and O–H groups in total. The van der Waals surface area contributed by atoms with Gasteiger partial charge in [0.15, 0.2) is 0 Å². The zero-order valence-electron chi connectivity index (χ0n) is 49.1. The Hall–Kier alpha value is -2.62. The van der Waals surface area contributed by atoms with Crippen LogP contribution in [0.4, 0.5) is 0 Å². The Labute approximate surface area is 462 Å². The topological polar surface area (TPSA) is 128 Å². The highest BCUT2D eigenvalue weighted by molar-refractivity contribution is 7.45. The normalized spacial score (nSPS) is 14.9. The maximum absolute atomic E-state index is 13.0. The Bertz CT molecular complexity index is 1560. The summed E-state index contributed by atoms with van der Waals surface area (Å²) in [4.78, 5) is 25.5. The molecule has 0 radical (unpaired) electrons. The second-order valence-electron chi connectivity index (χ2n) is 21.8. The summed E-state index contributed by atoms with van der Waals surface area (Å²) in [5.41, 5.74) is 0. The number of aliphatic hydroxyl groups is 2. The molecule has 0 aromatic carbocycles. The second-order valence-corrected chi connectivity index (χ2v) is 23.2. The lowest BCUT2D eigenvalue weighted by Crippen LogP contribution is -2.51. The highest BCUT2D eigenvalue weighted by Gasteiger charge is 2.29. The first-order chi connectivity index (χ1) is 36.4. The summed E-state index contributed by atoms with van der Waals surface area (Å²) >= 11 is 0. The summed E-state index contributed by atoms with van der Waals surface area (Å²) < 4.78 is 23.2. The van der Waals surface area contributed by atoms with Crippen molar-refractivity contribution in [1.29, 1.82) is 0 Å². The van der Waals surface area contributed by atoms with E-state index < -0.39 is 32.7 Å². The first kappa shape index (κ1) is 72.4. The van der Waals surface area contributed by atoms with Gasteiger partial charge in [0.2, 0.25) is 5.91 Å². The zero-order valence-corrected chi connectivity index (χ0v) is 50.0. The molecule has 0 saturated carbocycles. The number of rotatable bonds is 55. The summed E-state index contributed by atoms with van der Waals surface area (Å²) in [5, 5.41) is 24.7. The largest absolute Gasteiger partial charge is 0.756 e. The number of phosphoric ester groups is 1. The Kier molecular flexibility index (Phi) is 52.8. The fourth-order valence-electron chi connectivity index (χ4n) is 8.59. The zero-order chi connectivity index (χ0) is 55.0. The molecule has 0 aliphatic carbocycles. The van der Waals surface area contributed by atoms with Gasteiger partial charge in [-0.1, -0.05) is 246 Å². The third-order valence-electron chi connectivity index (χ3n) is 13.4. The summed E-state index contributed by atoms with van der Waals surface area (Å²) in [6, 6.07) is -1.09. The van der Waals surface area contributed by atoms with Crippen molar-refractivity contribution < 1.29 is 38.0 Å². The van der Waals surface area contributed by atoms with E-state index in [1.54, 1.807) is 0 Å². The van der Waals surface area contributed by atoms with E-state index in [9.17, 15) is 24.5 Å². The lowest BCUT2D eigenvalue weighted by Gasteiger charge is -2.31. The average molecular weight is 1070 g/mol. The van der Waals surface area contributed by atoms with E-state index in [4.69, 9.17) is 9.05 Å². The van der Waals surface area contributed by atoms with Crippen LogP contribution in [0.1, 0.15) is 251 Å². The predicted octanol–water partition coefficient (Wildman–Crippen LogP) is 17.3. The predicted molar refractivity (Wildman–Crippen MR) is 322 cm³/mol. The third-order valence-corrected chi connectivity index (χ3v) is 14.4. The molecule has 0 saturated heterocycles. The van der Waals surface area contributed by atoms with E-state index in [-0.39, 0.29) is 18.9 Å². The number of hydrogen-bond acceptors (Lipinski definition) is 7. The van der Waals surface area contributed by atoms with Gasteiger partial charge in [-0.3, -0.25) is 9.36 Å². The minimum Gasteiger partial charge on any atom is -0.756 e. The van der Waals surface area contributed by atoms with Crippen LogP contribution in [0.2, 0.25) is 0 Å². The lowest BCUT2D eigenvalue weighted by atomic mass is 10.0. The molecule has 434 valence electrons. The molecule has 0 fully saturated rings. The molecule has 0 aromatic heterocycles. The summed E-state index contributed by atoms with van der Waals surface area (Å²) in [7, 11) is 1.10. The van der Waals surface area contributed by atoms with Crippen molar-refractivity contribution >= 4 is 13.7 Å². The minimum atomic E-state index is -4.68. The monoisotopic (exact) mass is 1070 g/mol. The first-order valence-electron chi connectivity index (χ1n) is 30.7. The van der Waals surface area contributed by atoms with Crippen molar-refractivity contribution in [2.45, 2.75) is 270 Å². The van der Waals surface area contributed by atoms with Crippen LogP contribution in [0.25, 0.3) is 0 Å². The van der Waals surface area contributed by atoms with Crippen molar-refractivity contribution in [3.63, 3.8) is 0 Å². The number of likely N-dealkylation sites (N-methyl/N-ethyl adjacent to an activating group) is 1. The van der Waals surface area contributed by atoms with E-state index in [2.05, 4.69) is 116 Å². The van der Waals surface area contributed by atoms with Crippen molar-refractivity contribution in [2.75, 3.05) is 40.9 Å². The Morgan fingerprint density at radius 2 is 0.840 bits per heavy atom. The molecular formula is C65H117N2O7P. The van der Waals surface area contributed by atoms with Gasteiger partial charge in [0.25, 0.3) is 7.82 Å². The highest BCUT2D eigenvalue weighted by Crippen LogP contribution is 2.38. The van der Waals surface area contributed by atoms with E-state index in [0.29, 0.717) is 30.3 Å². The molecule has 4 atom stereocenters. The quantitative estimate of drug-likeness (QED) is 0.0239. The van der Waals surface area contributed by atoms with Crippen LogP contribution in [-0.2, 0) is 18.4 Å². The van der Waals surface area contributed by atoms with Crippen LogP contribution in [0.5, 0.6) is 0 Å². The van der Waals surface area contributed by atoms with Crippen LogP contribution in [-0.4, -0.2) is 79.8 Å². The Balaban J connectivity index is 4.04. The number of quaternary nitrogens is 1. The van der Waals surface area contributed by atoms with Crippen molar-refractivity contribution in [1.82, 2.24) is 5.32 Å². The molecule has 10 heteroatoms. The maximum Gasteiger partial charge on any atom is 0.268 e. The van der Waals surface area contributed by atoms with Gasteiger partial charge in [-0.2, -0.15) is 0 Å². The van der Waals surface area contributed by atoms with Crippen LogP contribution in [0.15, 0.2) is 97.2 Å². The molecule has 1 amide bonds. The number of phosphoric acid groups is 1. The Morgan fingerprint density at radius 1 is 0.493 bits per heavy atom. The van der Waals surface area contributed by atoms with Gasteiger partial charge in [-0.15, -0.1) is 0 Å². The molecule has 0 bridgehead atoms. The molecule has 0 aliphatic rings. The number of carbonyl (C=O) groups is 1. The van der Waals surface area contributed by atoms with Crippen LogP contribution >= 0.6 is 7.82 Å². The molecule has 0 spiro atoms. The number of aliphatic hydroxyl groups excluding tert-OH is 2. The molecule has 0 rings (SSSR count). The molecule has 9 nitrogen and oxygen atoms in total. The van der Waals surface area contributed by atoms with E-state index >= 15 is 0 Å². The fraction of sp³-hybridized carbons (Fsp3) is 0.738. The number of hydrogen-bond donors (Lipinski definition) is 3. The SMILES string of the molecule is CC/C=C\C/C=C\C/C=C\C/C=C\C/C=C\C/C=C\C/C=C\CCCCCCCCCCCCCCCCCCCC(=O)NC(COP(=O)([O-])OCC[N+](C)(C)C)C(O)C(O)CCC/C=C/CCCCCCCCC. The van der Waals surface area contributed by atoms with Crippen molar-refractivity contribution in [3.05, 3.63) is 97.2 Å². The summed E-state index contributed by atoms with van der Waals surface area (Å²) in [5.74, 6) is -0.290. The van der Waals surface area contributed by atoms with Crippen LogP contribution in [0.3, 0.4) is 0 Å². The third kappa shape index (κ3) is 55.9. The average Bonchev–Trinajstić information content (AvgIpc) is 3.37. The van der Waals surface area contributed by atoms with E-state index in [1.807, 2.05) is 21.1 Å². The van der Waals surface area contributed by atoms with Crippen LogP contribution < -0.4 is 10.2 Å². The minimum absolute atomic E-state index is 0.0483. The molecular weight excluding hydrogens is 952 g/mol. The van der Waals surface area contributed by atoms with Gasteiger partial charge < -0.3 is 34.0 Å². The van der Waals surface area contributed by atoms with Gasteiger partial charge in [0, 0.05) is 6.42 Å². The number of amides is 1. The molecule has 4 unspecified atom stereocenters. The number of allylic oxidation sites excluding steroid dienone is 16. The van der Waals surface area contributed by atoms with Crippen molar-refractivity contribution in [3.8, 4) is 0 Å². The summed E-state index contributed by atoms with van der Waals surface area (Å²) in [6.45, 7) is 4.30. The van der Waals surface area contributed by atoms with Gasteiger partial charge in [0.05, 0.1) is 39.9 Å². The summed E-state index contributed by atoms with van der Waals surface area (Å²) in [6.07, 6.45) is 75.0.